The molecule has 0 fully saturated rings. The first-order valence-electron chi connectivity index (χ1n) is 12.0. The molecular weight excluding hydrogens is 551 g/mol. The minimum atomic E-state index is -0.331. The van der Waals surface area contributed by atoms with E-state index in [-0.39, 0.29) is 23.4 Å². The number of fused-ring (bicyclic) bond motifs is 1. The number of hydroxylamine groups is 1. The average molecular weight is 582 g/mol. The van der Waals surface area contributed by atoms with Crippen molar-refractivity contribution in [1.82, 2.24) is 20.3 Å². The van der Waals surface area contributed by atoms with Crippen LogP contribution < -0.4 is 16.5 Å². The number of hydrogen-bond acceptors (Lipinski definition) is 6. The molecule has 4 aromatic rings. The lowest BCUT2D eigenvalue weighted by Crippen LogP contribution is -2.31. The molecule has 0 aliphatic carbocycles. The van der Waals surface area contributed by atoms with Gasteiger partial charge in [-0.15, -0.1) is 0 Å². The van der Waals surface area contributed by atoms with Gasteiger partial charge in [0, 0.05) is 26.2 Å². The van der Waals surface area contributed by atoms with Crippen molar-refractivity contribution in [1.29, 1.82) is 0 Å². The van der Waals surface area contributed by atoms with Crippen LogP contribution in [0.1, 0.15) is 29.5 Å². The predicted molar refractivity (Wildman–Crippen MR) is 150 cm³/mol. The Morgan fingerprint density at radius 2 is 1.56 bits per heavy atom. The SMILES string of the molecule is CCCNOCl.COCl.NCCNC(=O)c1nc2ccc(-c3ccc(F)cc3)cc2n1Cc1ccc(F)cc1. The number of hydrogen-bond donors (Lipinski definition) is 3. The largest absolute Gasteiger partial charge is 0.348 e. The topological polar surface area (TPSA) is 103 Å². The summed E-state index contributed by atoms with van der Waals surface area (Å²) in [6.07, 6.45) is 1.03. The van der Waals surface area contributed by atoms with E-state index in [4.69, 9.17) is 17.6 Å². The van der Waals surface area contributed by atoms with E-state index in [1.54, 1.807) is 28.8 Å². The summed E-state index contributed by atoms with van der Waals surface area (Å²) in [4.78, 5) is 17.2. The fourth-order valence-corrected chi connectivity index (χ4v) is 3.53. The Hall–Kier alpha value is -3.12. The second-order valence-corrected chi connectivity index (χ2v) is 8.49. The number of carbonyl (C=O) groups is 1. The van der Waals surface area contributed by atoms with Gasteiger partial charge in [0.15, 0.2) is 5.82 Å². The molecule has 1 heterocycles. The first-order chi connectivity index (χ1) is 18.9. The Morgan fingerprint density at radius 1 is 0.974 bits per heavy atom. The van der Waals surface area contributed by atoms with E-state index >= 15 is 0 Å². The van der Waals surface area contributed by atoms with Crippen LogP contribution in [0.5, 0.6) is 0 Å². The van der Waals surface area contributed by atoms with Crippen LogP contribution in [0.4, 0.5) is 8.78 Å². The summed E-state index contributed by atoms with van der Waals surface area (Å²) in [6.45, 7) is 3.83. The molecule has 8 nitrogen and oxygen atoms in total. The maximum atomic E-state index is 13.3. The van der Waals surface area contributed by atoms with E-state index in [0.717, 1.165) is 35.2 Å². The third-order valence-electron chi connectivity index (χ3n) is 5.22. The van der Waals surface area contributed by atoms with Crippen molar-refractivity contribution >= 4 is 40.7 Å². The molecule has 4 rings (SSSR count). The first kappa shape index (κ1) is 32.1. The van der Waals surface area contributed by atoms with Gasteiger partial charge in [-0.1, -0.05) is 37.3 Å². The van der Waals surface area contributed by atoms with E-state index in [1.165, 1.54) is 31.4 Å². The lowest BCUT2D eigenvalue weighted by molar-refractivity contribution is 0.0941. The molecule has 1 amide bonds. The van der Waals surface area contributed by atoms with E-state index in [9.17, 15) is 13.6 Å². The van der Waals surface area contributed by atoms with Gasteiger partial charge >= 0.3 is 0 Å². The summed E-state index contributed by atoms with van der Waals surface area (Å²) in [5, 5.41) is 2.75. The van der Waals surface area contributed by atoms with Crippen LogP contribution in [0.15, 0.2) is 66.7 Å². The number of amides is 1. The van der Waals surface area contributed by atoms with E-state index in [2.05, 4.69) is 36.3 Å². The van der Waals surface area contributed by atoms with Gasteiger partial charge < -0.3 is 15.6 Å². The molecule has 0 atom stereocenters. The molecule has 0 aliphatic rings. The van der Waals surface area contributed by atoms with Crippen molar-refractivity contribution in [3.05, 3.63) is 89.8 Å². The van der Waals surface area contributed by atoms with Gasteiger partial charge in [-0.3, -0.25) is 9.08 Å². The van der Waals surface area contributed by atoms with Crippen LogP contribution in [0.25, 0.3) is 22.2 Å². The second kappa shape index (κ2) is 17.5. The van der Waals surface area contributed by atoms with Crippen molar-refractivity contribution < 1.29 is 22.3 Å². The molecule has 210 valence electrons. The van der Waals surface area contributed by atoms with Crippen molar-refractivity contribution in [2.24, 2.45) is 5.73 Å². The first-order valence-corrected chi connectivity index (χ1v) is 12.6. The summed E-state index contributed by atoms with van der Waals surface area (Å²) in [5.74, 6) is -0.713. The number of nitrogens with one attached hydrogen (secondary N) is 2. The molecule has 4 N–H and O–H groups in total. The Kier molecular flexibility index (Phi) is 14.4. The van der Waals surface area contributed by atoms with Gasteiger partial charge in [0.25, 0.3) is 5.91 Å². The Balaban J connectivity index is 0.000000516. The normalized spacial score (nSPS) is 10.3. The zero-order valence-electron chi connectivity index (χ0n) is 21.6. The summed E-state index contributed by atoms with van der Waals surface area (Å²) in [5.41, 5.74) is 11.9. The van der Waals surface area contributed by atoms with Gasteiger partial charge in [0.1, 0.15) is 11.6 Å². The van der Waals surface area contributed by atoms with Gasteiger partial charge in [-0.2, -0.15) is 9.87 Å². The molecule has 12 heteroatoms. The van der Waals surface area contributed by atoms with E-state index < -0.39 is 0 Å². The summed E-state index contributed by atoms with van der Waals surface area (Å²) >= 11 is 9.27. The van der Waals surface area contributed by atoms with Gasteiger partial charge in [-0.25, -0.2) is 13.8 Å². The molecule has 0 saturated heterocycles. The number of imidazole rings is 1. The summed E-state index contributed by atoms with van der Waals surface area (Å²) in [7, 11) is 1.39. The number of rotatable bonds is 9. The van der Waals surface area contributed by atoms with E-state index in [1.807, 2.05) is 25.1 Å². The molecule has 0 saturated carbocycles. The minimum Gasteiger partial charge on any atom is -0.348 e. The predicted octanol–water partition coefficient (Wildman–Crippen LogP) is 5.58. The third kappa shape index (κ3) is 10.2. The molecule has 0 spiro atoms. The highest BCUT2D eigenvalue weighted by molar-refractivity contribution is 6.07. The number of carbonyl (C=O) groups excluding carboxylic acids is 1. The third-order valence-corrected chi connectivity index (χ3v) is 5.33. The standard InChI is InChI=1S/C23H20F2N4O.C3H8ClNO.CH3ClO/c24-18-6-1-15(2-7-18)14-29-21-13-17(16-3-8-19(25)9-4-16)5-10-20(21)28-22(29)23(30)27-12-11-26;1-2-3-5-6-4;1-3-2/h1-10,13H,11-12,14,26H2,(H,27,30);5H,2-3H2,1H3;1H3. The van der Waals surface area contributed by atoms with Gasteiger partial charge in [0.2, 0.25) is 0 Å². The number of nitrogens with zero attached hydrogens (tertiary/aromatic N) is 2. The van der Waals surface area contributed by atoms with Crippen LogP contribution in [-0.4, -0.2) is 42.2 Å². The fraction of sp³-hybridized carbons (Fsp3) is 0.259. The van der Waals surface area contributed by atoms with Crippen molar-refractivity contribution in [2.75, 3.05) is 26.7 Å². The van der Waals surface area contributed by atoms with Crippen molar-refractivity contribution in [3.63, 3.8) is 0 Å². The average Bonchev–Trinajstić information content (AvgIpc) is 3.30. The molecule has 0 bridgehead atoms. The second-order valence-electron chi connectivity index (χ2n) is 8.03. The zero-order chi connectivity index (χ0) is 28.6. The number of aromatic nitrogens is 2. The fourth-order valence-electron chi connectivity index (χ4n) is 3.46. The molecular formula is C27H31Cl2F2N5O3. The van der Waals surface area contributed by atoms with Crippen LogP contribution >= 0.6 is 23.7 Å². The minimum absolute atomic E-state index is 0.249. The summed E-state index contributed by atoms with van der Waals surface area (Å²) in [6, 6.07) is 17.9. The number of nitrogens with two attached hydrogens (primary N) is 1. The molecule has 39 heavy (non-hydrogen) atoms. The summed E-state index contributed by atoms with van der Waals surface area (Å²) < 4.78 is 36.1. The number of halogens is 4. The Morgan fingerprint density at radius 3 is 2.10 bits per heavy atom. The van der Waals surface area contributed by atoms with Crippen LogP contribution in [0, 0.1) is 11.6 Å². The highest BCUT2D eigenvalue weighted by atomic mass is 35.5. The monoisotopic (exact) mass is 581 g/mol. The molecule has 1 aromatic heterocycles. The molecule has 0 radical (unpaired) electrons. The molecule has 0 unspecified atom stereocenters. The molecule has 3 aromatic carbocycles. The van der Waals surface area contributed by atoms with Gasteiger partial charge in [-0.05, 0) is 59.5 Å². The van der Waals surface area contributed by atoms with E-state index in [0.29, 0.717) is 25.2 Å². The number of benzene rings is 3. The van der Waals surface area contributed by atoms with Crippen molar-refractivity contribution in [3.8, 4) is 11.1 Å². The van der Waals surface area contributed by atoms with Crippen LogP contribution in [0.2, 0.25) is 0 Å². The Bertz CT molecular complexity index is 1290. The molecule has 0 aliphatic heterocycles. The lowest BCUT2D eigenvalue weighted by Gasteiger charge is -2.10. The van der Waals surface area contributed by atoms with Gasteiger partial charge in [0.05, 0.1) is 41.9 Å². The highest BCUT2D eigenvalue weighted by Gasteiger charge is 2.18. The maximum Gasteiger partial charge on any atom is 0.287 e. The maximum absolute atomic E-state index is 13.3. The van der Waals surface area contributed by atoms with Crippen LogP contribution in [0.3, 0.4) is 0 Å². The van der Waals surface area contributed by atoms with Crippen LogP contribution in [-0.2, 0) is 15.2 Å². The lowest BCUT2D eigenvalue weighted by atomic mass is 10.1. The quantitative estimate of drug-likeness (QED) is 0.176. The highest BCUT2D eigenvalue weighted by Crippen LogP contribution is 2.26. The Labute approximate surface area is 236 Å². The van der Waals surface area contributed by atoms with Crippen molar-refractivity contribution in [2.45, 2.75) is 19.9 Å². The smallest absolute Gasteiger partial charge is 0.287 e. The zero-order valence-corrected chi connectivity index (χ0v) is 23.1.